The number of piperazine rings is 1. The first-order valence-electron chi connectivity index (χ1n) is 12.6. The van der Waals surface area contributed by atoms with E-state index in [2.05, 4.69) is 32.9 Å². The molecule has 0 bridgehead atoms. The van der Waals surface area contributed by atoms with Gasteiger partial charge in [-0.15, -0.1) is 0 Å². The fourth-order valence-corrected chi connectivity index (χ4v) is 6.40. The van der Waals surface area contributed by atoms with Crippen molar-refractivity contribution in [1.82, 2.24) is 19.2 Å². The van der Waals surface area contributed by atoms with E-state index in [0.29, 0.717) is 17.1 Å². The number of hydrogen-bond acceptors (Lipinski definition) is 8. The summed E-state index contributed by atoms with van der Waals surface area (Å²) in [5, 5.41) is 11.2. The molecular weight excluding hydrogens is 502 g/mol. The van der Waals surface area contributed by atoms with Crippen LogP contribution in [-0.4, -0.2) is 65.9 Å². The van der Waals surface area contributed by atoms with Gasteiger partial charge in [0.15, 0.2) is 0 Å². The third-order valence-corrected chi connectivity index (χ3v) is 9.11. The molecule has 0 spiro atoms. The van der Waals surface area contributed by atoms with Gasteiger partial charge in [-0.2, -0.15) is 4.31 Å². The van der Waals surface area contributed by atoms with Gasteiger partial charge < -0.3 is 19.3 Å². The highest BCUT2D eigenvalue weighted by Crippen LogP contribution is 2.32. The average Bonchev–Trinajstić information content (AvgIpc) is 3.64. The molecule has 6 rings (SSSR count). The van der Waals surface area contributed by atoms with Crippen LogP contribution in [0.25, 0.3) is 11.5 Å². The van der Waals surface area contributed by atoms with Crippen LogP contribution < -0.4 is 4.90 Å². The molecule has 38 heavy (non-hydrogen) atoms. The molecule has 2 aliphatic rings. The maximum absolute atomic E-state index is 13.4. The Bertz CT molecular complexity index is 1530. The first-order valence-corrected chi connectivity index (χ1v) is 14.0. The Morgan fingerprint density at radius 3 is 2.45 bits per heavy atom. The summed E-state index contributed by atoms with van der Waals surface area (Å²) in [6, 6.07) is 16.3. The Hall–Kier alpha value is -3.57. The number of rotatable bonds is 6. The zero-order valence-electron chi connectivity index (χ0n) is 21.1. The van der Waals surface area contributed by atoms with Crippen LogP contribution >= 0.6 is 0 Å². The van der Waals surface area contributed by atoms with Gasteiger partial charge in [-0.25, -0.2) is 13.4 Å². The van der Waals surface area contributed by atoms with Crippen LogP contribution in [0.3, 0.4) is 0 Å². The summed E-state index contributed by atoms with van der Waals surface area (Å²) < 4.78 is 33.4. The second-order valence-corrected chi connectivity index (χ2v) is 11.7. The minimum atomic E-state index is -3.72. The molecule has 1 atom stereocenters. The van der Waals surface area contributed by atoms with E-state index in [1.54, 1.807) is 36.7 Å². The Labute approximate surface area is 222 Å². The number of oxazole rings is 1. The van der Waals surface area contributed by atoms with E-state index in [9.17, 15) is 13.5 Å². The summed E-state index contributed by atoms with van der Waals surface area (Å²) in [6.07, 6.45) is 3.80. The van der Waals surface area contributed by atoms with Crippen molar-refractivity contribution in [2.75, 3.05) is 38.1 Å². The van der Waals surface area contributed by atoms with Gasteiger partial charge in [0.05, 0.1) is 16.8 Å². The maximum atomic E-state index is 13.4. The lowest BCUT2D eigenvalue weighted by atomic mass is 10.0. The van der Waals surface area contributed by atoms with E-state index in [1.165, 1.54) is 10.6 Å². The van der Waals surface area contributed by atoms with Crippen molar-refractivity contribution >= 4 is 15.7 Å². The second kappa shape index (κ2) is 9.95. The van der Waals surface area contributed by atoms with Crippen molar-refractivity contribution < 1.29 is 17.9 Å². The highest BCUT2D eigenvalue weighted by atomic mass is 32.2. The van der Waals surface area contributed by atoms with E-state index < -0.39 is 16.1 Å². The number of aliphatic hydroxyl groups excluding tert-OH is 1. The number of anilines is 1. The van der Waals surface area contributed by atoms with E-state index in [4.69, 9.17) is 4.42 Å². The van der Waals surface area contributed by atoms with Crippen LogP contribution in [0.2, 0.25) is 0 Å². The molecule has 0 aliphatic carbocycles. The first-order chi connectivity index (χ1) is 18.4. The third-order valence-electron chi connectivity index (χ3n) is 7.30. The molecule has 2 aromatic carbocycles. The Kier molecular flexibility index (Phi) is 6.48. The van der Waals surface area contributed by atoms with Gasteiger partial charge in [0.25, 0.3) is 0 Å². The highest BCUT2D eigenvalue weighted by molar-refractivity contribution is 7.89. The van der Waals surface area contributed by atoms with E-state index >= 15 is 0 Å². The Balaban J connectivity index is 1.18. The molecule has 1 saturated heterocycles. The normalized spacial score (nSPS) is 17.5. The summed E-state index contributed by atoms with van der Waals surface area (Å²) in [5.41, 5.74) is 4.76. The lowest BCUT2D eigenvalue weighted by Gasteiger charge is -2.34. The van der Waals surface area contributed by atoms with Gasteiger partial charge in [0, 0.05) is 56.7 Å². The van der Waals surface area contributed by atoms with Crippen molar-refractivity contribution in [2.45, 2.75) is 24.1 Å². The van der Waals surface area contributed by atoms with Crippen LogP contribution in [0.15, 0.2) is 82.6 Å². The minimum Gasteiger partial charge on any atom is -0.445 e. The molecule has 2 aliphatic heterocycles. The molecule has 196 valence electrons. The van der Waals surface area contributed by atoms with E-state index in [-0.39, 0.29) is 18.0 Å². The van der Waals surface area contributed by atoms with Crippen LogP contribution in [0.5, 0.6) is 0 Å². The molecule has 2 aromatic heterocycles. The van der Waals surface area contributed by atoms with Gasteiger partial charge in [-0.3, -0.25) is 4.98 Å². The van der Waals surface area contributed by atoms with Crippen molar-refractivity contribution in [2.24, 2.45) is 0 Å². The summed E-state index contributed by atoms with van der Waals surface area (Å²) in [7, 11) is -1.59. The topological polar surface area (TPSA) is 103 Å². The zero-order valence-corrected chi connectivity index (χ0v) is 21.9. The smallest absolute Gasteiger partial charge is 0.243 e. The number of likely N-dealkylation sites (N-methyl/N-ethyl adjacent to an activating group) is 1. The fourth-order valence-electron chi connectivity index (χ4n) is 5.00. The lowest BCUT2D eigenvalue weighted by molar-refractivity contribution is 0.215. The predicted octanol–water partition coefficient (Wildman–Crippen LogP) is 3.27. The third kappa shape index (κ3) is 4.71. The van der Waals surface area contributed by atoms with Crippen LogP contribution in [0.4, 0.5) is 5.69 Å². The Morgan fingerprint density at radius 1 is 0.947 bits per heavy atom. The van der Waals surface area contributed by atoms with Crippen molar-refractivity contribution in [1.29, 1.82) is 0 Å². The molecule has 4 heterocycles. The van der Waals surface area contributed by atoms with Crippen molar-refractivity contribution in [3.8, 4) is 11.5 Å². The minimum absolute atomic E-state index is 0.203. The molecular formula is C28H29N5O4S. The predicted molar refractivity (Wildman–Crippen MR) is 143 cm³/mol. The van der Waals surface area contributed by atoms with Gasteiger partial charge in [0.2, 0.25) is 15.9 Å². The number of fused-ring (bicyclic) bond motifs is 1. The standard InChI is InChI=1S/C28H29N5O4S/c1-31-10-12-32(13-11-31)24-4-2-3-21(15-24)27(34)26-16-22-18-33(19-23(22)17-30-26)38(35,36)25-7-5-20(6-8-25)28-29-9-14-37-28/h2-9,14-17,27,34H,10-13,18-19H2,1H3/t27-/m0/s1. The number of aromatic nitrogens is 2. The fraction of sp³-hybridized carbons (Fsp3) is 0.286. The molecule has 10 heteroatoms. The summed E-state index contributed by atoms with van der Waals surface area (Å²) >= 11 is 0. The zero-order chi connectivity index (χ0) is 26.3. The largest absolute Gasteiger partial charge is 0.445 e. The Morgan fingerprint density at radius 2 is 1.71 bits per heavy atom. The highest BCUT2D eigenvalue weighted by Gasteiger charge is 2.31. The van der Waals surface area contributed by atoms with Crippen molar-refractivity contribution in [3.63, 3.8) is 0 Å². The summed E-state index contributed by atoms with van der Waals surface area (Å²) in [5.74, 6) is 0.439. The van der Waals surface area contributed by atoms with Gasteiger partial charge in [-0.1, -0.05) is 12.1 Å². The van der Waals surface area contributed by atoms with Crippen LogP contribution in [0.1, 0.15) is 28.5 Å². The maximum Gasteiger partial charge on any atom is 0.243 e. The van der Waals surface area contributed by atoms with Gasteiger partial charge >= 0.3 is 0 Å². The number of pyridine rings is 1. The quantitative estimate of drug-likeness (QED) is 0.405. The molecule has 0 radical (unpaired) electrons. The summed E-state index contributed by atoms with van der Waals surface area (Å²) in [4.78, 5) is 13.4. The van der Waals surface area contributed by atoms with E-state index in [1.807, 2.05) is 24.3 Å². The number of sulfonamides is 1. The number of benzene rings is 2. The average molecular weight is 532 g/mol. The number of aliphatic hydroxyl groups is 1. The first kappa shape index (κ1) is 24.7. The molecule has 0 unspecified atom stereocenters. The van der Waals surface area contributed by atoms with Gasteiger partial charge in [-0.05, 0) is 66.2 Å². The molecule has 4 aromatic rings. The number of hydrogen-bond donors (Lipinski definition) is 1. The molecule has 1 fully saturated rings. The van der Waals surface area contributed by atoms with E-state index in [0.717, 1.165) is 48.6 Å². The monoisotopic (exact) mass is 531 g/mol. The number of nitrogens with zero attached hydrogens (tertiary/aromatic N) is 5. The second-order valence-electron chi connectivity index (χ2n) is 9.80. The molecule has 0 amide bonds. The SMILES string of the molecule is CN1CCN(c2cccc([C@H](O)c3cc4c(cn3)CN(S(=O)(=O)c3ccc(-c5ncco5)cc3)C4)c2)CC1. The molecule has 0 saturated carbocycles. The van der Waals surface area contributed by atoms with Gasteiger partial charge in [0.1, 0.15) is 12.4 Å². The van der Waals surface area contributed by atoms with Crippen molar-refractivity contribution in [3.05, 3.63) is 95.6 Å². The molecule has 9 nitrogen and oxygen atoms in total. The lowest BCUT2D eigenvalue weighted by Crippen LogP contribution is -2.44. The van der Waals surface area contributed by atoms with Crippen LogP contribution in [0, 0.1) is 0 Å². The summed E-state index contributed by atoms with van der Waals surface area (Å²) in [6.45, 7) is 4.36. The van der Waals surface area contributed by atoms with Crippen LogP contribution in [-0.2, 0) is 23.1 Å². The molecule has 1 N–H and O–H groups in total.